The van der Waals surface area contributed by atoms with Gasteiger partial charge in [0.25, 0.3) is 0 Å². The van der Waals surface area contributed by atoms with Crippen molar-refractivity contribution in [3.63, 3.8) is 0 Å². The van der Waals surface area contributed by atoms with E-state index in [-0.39, 0.29) is 6.10 Å². The van der Waals surface area contributed by atoms with Gasteiger partial charge in [0.2, 0.25) is 0 Å². The summed E-state index contributed by atoms with van der Waals surface area (Å²) >= 11 is 0. The zero-order valence-electron chi connectivity index (χ0n) is 20.1. The highest BCUT2D eigenvalue weighted by molar-refractivity contribution is 5.24. The van der Waals surface area contributed by atoms with Gasteiger partial charge in [0.15, 0.2) is 0 Å². The summed E-state index contributed by atoms with van der Waals surface area (Å²) in [6, 6.07) is 9.28. The molecule has 0 N–H and O–H groups in total. The van der Waals surface area contributed by atoms with Crippen molar-refractivity contribution in [1.82, 2.24) is 0 Å². The standard InChI is InChI=1S/C30H46O/c1-4-7-8-23-31-30(6-3)29-21-15-26(16-22-29)10-9-25-13-19-28(20-14-25)27-17-11-24(5-2)12-18-27/h4-5,15-16,21-22,24-25,27-28,30H,1-2,6-14,17-20,23H2,3H3/t24-,25?,27-,28?,30?. The summed E-state index contributed by atoms with van der Waals surface area (Å²) in [5, 5.41) is 0. The molecule has 1 nitrogen and oxygen atoms in total. The lowest BCUT2D eigenvalue weighted by Gasteiger charge is -2.37. The molecule has 1 atom stereocenters. The second-order valence-electron chi connectivity index (χ2n) is 10.2. The molecule has 0 bridgehead atoms. The average Bonchev–Trinajstić information content (AvgIpc) is 2.84. The lowest BCUT2D eigenvalue weighted by atomic mass is 9.68. The fourth-order valence-electron chi connectivity index (χ4n) is 5.97. The van der Waals surface area contributed by atoms with E-state index < -0.39 is 0 Å². The van der Waals surface area contributed by atoms with Gasteiger partial charge in [0.1, 0.15) is 0 Å². The van der Waals surface area contributed by atoms with Crippen molar-refractivity contribution in [1.29, 1.82) is 0 Å². The normalized spacial score (nSPS) is 27.5. The van der Waals surface area contributed by atoms with E-state index >= 15 is 0 Å². The molecule has 1 unspecified atom stereocenters. The number of allylic oxidation sites excluding steroid dienone is 2. The number of benzene rings is 1. The van der Waals surface area contributed by atoms with Crippen LogP contribution in [0.1, 0.15) is 101 Å². The monoisotopic (exact) mass is 422 g/mol. The van der Waals surface area contributed by atoms with Crippen molar-refractivity contribution in [3.05, 3.63) is 60.7 Å². The van der Waals surface area contributed by atoms with E-state index in [4.69, 9.17) is 4.74 Å². The molecule has 0 aromatic heterocycles. The molecule has 2 saturated carbocycles. The summed E-state index contributed by atoms with van der Waals surface area (Å²) in [6.45, 7) is 10.8. The lowest BCUT2D eigenvalue weighted by Crippen LogP contribution is -2.25. The molecule has 1 aromatic rings. The maximum atomic E-state index is 6.09. The fraction of sp³-hybridized carbons (Fsp3) is 0.667. The summed E-state index contributed by atoms with van der Waals surface area (Å²) in [5.41, 5.74) is 2.83. The van der Waals surface area contributed by atoms with Crippen LogP contribution in [0.15, 0.2) is 49.6 Å². The minimum absolute atomic E-state index is 0.232. The molecule has 3 rings (SSSR count). The highest BCUT2D eigenvalue weighted by Gasteiger charge is 2.30. The molecule has 0 heterocycles. The largest absolute Gasteiger partial charge is 0.374 e. The van der Waals surface area contributed by atoms with Crippen LogP contribution >= 0.6 is 0 Å². The van der Waals surface area contributed by atoms with Crippen LogP contribution in [-0.2, 0) is 11.2 Å². The Labute approximate surface area is 192 Å². The van der Waals surface area contributed by atoms with Crippen molar-refractivity contribution < 1.29 is 4.74 Å². The fourth-order valence-corrected chi connectivity index (χ4v) is 5.97. The Hall–Kier alpha value is -1.34. The zero-order chi connectivity index (χ0) is 21.9. The van der Waals surface area contributed by atoms with Crippen LogP contribution in [0, 0.1) is 23.7 Å². The zero-order valence-corrected chi connectivity index (χ0v) is 20.1. The maximum Gasteiger partial charge on any atom is 0.0822 e. The van der Waals surface area contributed by atoms with Crippen LogP contribution in [0.4, 0.5) is 0 Å². The van der Waals surface area contributed by atoms with Crippen LogP contribution < -0.4 is 0 Å². The van der Waals surface area contributed by atoms with Crippen molar-refractivity contribution >= 4 is 0 Å². The molecule has 1 aromatic carbocycles. The van der Waals surface area contributed by atoms with Gasteiger partial charge >= 0.3 is 0 Å². The molecule has 0 aliphatic heterocycles. The van der Waals surface area contributed by atoms with Crippen LogP contribution in [0.2, 0.25) is 0 Å². The van der Waals surface area contributed by atoms with Crippen LogP contribution in [0.25, 0.3) is 0 Å². The summed E-state index contributed by atoms with van der Waals surface area (Å²) < 4.78 is 6.09. The van der Waals surface area contributed by atoms with Gasteiger partial charge in [-0.2, -0.15) is 0 Å². The number of hydrogen-bond acceptors (Lipinski definition) is 1. The summed E-state index contributed by atoms with van der Waals surface area (Å²) in [4.78, 5) is 0. The Morgan fingerprint density at radius 3 is 2.16 bits per heavy atom. The Bertz CT molecular complexity index is 629. The van der Waals surface area contributed by atoms with Crippen molar-refractivity contribution in [2.75, 3.05) is 6.61 Å². The summed E-state index contributed by atoms with van der Waals surface area (Å²) in [6.07, 6.45) is 21.7. The number of ether oxygens (including phenoxy) is 1. The number of hydrogen-bond donors (Lipinski definition) is 0. The smallest absolute Gasteiger partial charge is 0.0822 e. The molecule has 0 amide bonds. The van der Waals surface area contributed by atoms with Gasteiger partial charge in [-0.25, -0.2) is 0 Å². The number of rotatable bonds is 12. The number of unbranched alkanes of at least 4 members (excludes halogenated alkanes) is 1. The molecule has 172 valence electrons. The second kappa shape index (κ2) is 13.3. The predicted octanol–water partition coefficient (Wildman–Crippen LogP) is 8.85. The average molecular weight is 423 g/mol. The Morgan fingerprint density at radius 2 is 1.58 bits per heavy atom. The van der Waals surface area contributed by atoms with Crippen LogP contribution in [0.5, 0.6) is 0 Å². The van der Waals surface area contributed by atoms with E-state index in [0.717, 1.165) is 49.5 Å². The molecule has 2 aliphatic carbocycles. The van der Waals surface area contributed by atoms with Gasteiger partial charge in [-0.1, -0.05) is 56.2 Å². The first-order chi connectivity index (χ1) is 15.2. The predicted molar refractivity (Wildman–Crippen MR) is 134 cm³/mol. The van der Waals surface area contributed by atoms with Crippen molar-refractivity contribution in [3.8, 4) is 0 Å². The second-order valence-corrected chi connectivity index (χ2v) is 10.2. The van der Waals surface area contributed by atoms with E-state index in [1.54, 1.807) is 0 Å². The molecule has 31 heavy (non-hydrogen) atoms. The molecule has 2 fully saturated rings. The third-order valence-electron chi connectivity index (χ3n) is 8.14. The molecule has 0 spiro atoms. The highest BCUT2D eigenvalue weighted by atomic mass is 16.5. The van der Waals surface area contributed by atoms with Gasteiger partial charge in [0.05, 0.1) is 6.10 Å². The minimum atomic E-state index is 0.232. The van der Waals surface area contributed by atoms with Crippen LogP contribution in [-0.4, -0.2) is 6.61 Å². The molecule has 0 saturated heterocycles. The minimum Gasteiger partial charge on any atom is -0.374 e. The molecule has 2 aliphatic rings. The highest BCUT2D eigenvalue weighted by Crippen LogP contribution is 2.42. The van der Waals surface area contributed by atoms with Crippen molar-refractivity contribution in [2.24, 2.45) is 23.7 Å². The molecule has 1 heteroatoms. The van der Waals surface area contributed by atoms with Gasteiger partial charge < -0.3 is 4.74 Å². The van der Waals surface area contributed by atoms with E-state index in [2.05, 4.69) is 50.4 Å². The van der Waals surface area contributed by atoms with Gasteiger partial charge in [-0.05, 0) is 105 Å². The Morgan fingerprint density at radius 1 is 0.935 bits per heavy atom. The van der Waals surface area contributed by atoms with Crippen LogP contribution in [0.3, 0.4) is 0 Å². The maximum absolute atomic E-state index is 6.09. The Balaban J connectivity index is 1.37. The first kappa shape index (κ1) is 24.3. The first-order valence-electron chi connectivity index (χ1n) is 13.2. The van der Waals surface area contributed by atoms with E-state index in [1.165, 1.54) is 75.3 Å². The SMILES string of the molecule is C=CCCCOC(CC)c1ccc(CCC2CCC([C@H]3CC[C@H](C=C)CC3)CC2)cc1. The quantitative estimate of drug-likeness (QED) is 0.241. The summed E-state index contributed by atoms with van der Waals surface area (Å²) in [7, 11) is 0. The van der Waals surface area contributed by atoms with E-state index in [0.29, 0.717) is 0 Å². The van der Waals surface area contributed by atoms with Gasteiger partial charge in [0, 0.05) is 6.61 Å². The van der Waals surface area contributed by atoms with E-state index in [1.807, 2.05) is 6.08 Å². The Kier molecular flexibility index (Phi) is 10.4. The lowest BCUT2D eigenvalue weighted by molar-refractivity contribution is 0.0488. The molecular weight excluding hydrogens is 376 g/mol. The van der Waals surface area contributed by atoms with Gasteiger partial charge in [-0.3, -0.25) is 0 Å². The molecule has 0 radical (unpaired) electrons. The van der Waals surface area contributed by atoms with Gasteiger partial charge in [-0.15, -0.1) is 13.2 Å². The first-order valence-corrected chi connectivity index (χ1v) is 13.2. The van der Waals surface area contributed by atoms with Crippen molar-refractivity contribution in [2.45, 2.75) is 96.5 Å². The molecular formula is C30H46O. The topological polar surface area (TPSA) is 9.23 Å². The summed E-state index contributed by atoms with van der Waals surface area (Å²) in [5.74, 6) is 3.77. The number of aryl methyl sites for hydroxylation is 1. The third kappa shape index (κ3) is 7.63. The van der Waals surface area contributed by atoms with E-state index in [9.17, 15) is 0 Å². The third-order valence-corrected chi connectivity index (χ3v) is 8.14.